The largest absolute Gasteiger partial charge is 0.350 e. The third-order valence-electron chi connectivity index (χ3n) is 5.25. The molecule has 1 amide bonds. The van der Waals surface area contributed by atoms with Crippen molar-refractivity contribution in [1.82, 2.24) is 4.57 Å². The molecule has 1 aromatic carbocycles. The average molecular weight is 340 g/mol. The van der Waals surface area contributed by atoms with E-state index in [0.29, 0.717) is 12.6 Å². The van der Waals surface area contributed by atoms with E-state index in [1.165, 1.54) is 22.6 Å². The van der Waals surface area contributed by atoms with Crippen molar-refractivity contribution in [2.24, 2.45) is 7.05 Å². The molecule has 2 atom stereocenters. The minimum absolute atomic E-state index is 0.0969. The van der Waals surface area contributed by atoms with Gasteiger partial charge >= 0.3 is 0 Å². The molecule has 1 aromatic heterocycles. The van der Waals surface area contributed by atoms with Crippen LogP contribution in [0.1, 0.15) is 50.9 Å². The maximum Gasteiger partial charge on any atom is 0.279 e. The summed E-state index contributed by atoms with van der Waals surface area (Å²) in [5, 5.41) is 3.06. The molecule has 0 bridgehead atoms. The lowest BCUT2D eigenvalue weighted by molar-refractivity contribution is -0.910. The minimum atomic E-state index is 0.0969. The van der Waals surface area contributed by atoms with Crippen LogP contribution in [0.15, 0.2) is 42.6 Å². The van der Waals surface area contributed by atoms with Gasteiger partial charge in [-0.15, -0.1) is 0 Å². The Balaban J connectivity index is 1.61. The Morgan fingerprint density at radius 1 is 1.24 bits per heavy atom. The molecule has 2 aromatic rings. The van der Waals surface area contributed by atoms with Crippen LogP contribution in [0.25, 0.3) is 0 Å². The molecule has 3 rings (SSSR count). The number of rotatable bonds is 4. The normalized spacial score (nSPS) is 20.6. The zero-order chi connectivity index (χ0) is 18.0. The number of benzene rings is 1. The average Bonchev–Trinajstić information content (AvgIpc) is 3.15. The number of aryl methyl sites for hydroxylation is 1. The number of likely N-dealkylation sites (tertiary alicyclic amines) is 1. The van der Waals surface area contributed by atoms with E-state index in [0.717, 1.165) is 18.7 Å². The minimum Gasteiger partial charge on any atom is -0.350 e. The molecular formula is C21H30N3O+. The maximum absolute atomic E-state index is 12.5. The van der Waals surface area contributed by atoms with Gasteiger partial charge in [0.25, 0.3) is 5.91 Å². The van der Waals surface area contributed by atoms with Crippen molar-refractivity contribution in [1.29, 1.82) is 0 Å². The number of aromatic nitrogens is 1. The number of nitrogens with zero attached hydrogens (tertiary/aromatic N) is 1. The molecule has 0 aliphatic carbocycles. The maximum atomic E-state index is 12.5. The first-order chi connectivity index (χ1) is 11.8. The van der Waals surface area contributed by atoms with Crippen molar-refractivity contribution in [3.63, 3.8) is 0 Å². The molecule has 0 radical (unpaired) electrons. The first kappa shape index (κ1) is 17.7. The molecule has 4 nitrogen and oxygen atoms in total. The zero-order valence-corrected chi connectivity index (χ0v) is 15.8. The SMILES string of the molecule is Cn1cccc1[C@@H]1CCC[NH+]1CC(=O)Nc1ccc(C(C)(C)C)cc1. The first-order valence-corrected chi connectivity index (χ1v) is 9.21. The van der Waals surface area contributed by atoms with E-state index >= 15 is 0 Å². The van der Waals surface area contributed by atoms with Crippen LogP contribution in [0.4, 0.5) is 5.69 Å². The molecule has 1 unspecified atom stereocenters. The number of hydrogen-bond acceptors (Lipinski definition) is 1. The zero-order valence-electron chi connectivity index (χ0n) is 15.8. The van der Waals surface area contributed by atoms with Gasteiger partial charge in [0.1, 0.15) is 6.04 Å². The highest BCUT2D eigenvalue weighted by atomic mass is 16.2. The third kappa shape index (κ3) is 4.13. The van der Waals surface area contributed by atoms with Crippen LogP contribution in [0.2, 0.25) is 0 Å². The van der Waals surface area contributed by atoms with Gasteiger partial charge in [0, 0.05) is 31.8 Å². The number of nitrogens with one attached hydrogen (secondary N) is 2. The Labute approximate surface area is 150 Å². The van der Waals surface area contributed by atoms with Gasteiger partial charge in [-0.25, -0.2) is 0 Å². The summed E-state index contributed by atoms with van der Waals surface area (Å²) in [7, 11) is 2.09. The number of carbonyl (C=O) groups is 1. The summed E-state index contributed by atoms with van der Waals surface area (Å²) in [6.07, 6.45) is 4.42. The van der Waals surface area contributed by atoms with Gasteiger partial charge in [-0.1, -0.05) is 32.9 Å². The Kier molecular flexibility index (Phi) is 5.00. The second-order valence-corrected chi connectivity index (χ2v) is 8.20. The lowest BCUT2D eigenvalue weighted by Gasteiger charge is -2.22. The first-order valence-electron chi connectivity index (χ1n) is 9.21. The van der Waals surface area contributed by atoms with Crippen molar-refractivity contribution in [2.45, 2.75) is 45.1 Å². The van der Waals surface area contributed by atoms with E-state index in [4.69, 9.17) is 0 Å². The second-order valence-electron chi connectivity index (χ2n) is 8.20. The highest BCUT2D eigenvalue weighted by Gasteiger charge is 2.32. The topological polar surface area (TPSA) is 38.5 Å². The van der Waals surface area contributed by atoms with Gasteiger partial charge in [-0.2, -0.15) is 0 Å². The van der Waals surface area contributed by atoms with Crippen LogP contribution in [0, 0.1) is 0 Å². The molecule has 1 aliphatic rings. The molecule has 134 valence electrons. The van der Waals surface area contributed by atoms with E-state index < -0.39 is 0 Å². The summed E-state index contributed by atoms with van der Waals surface area (Å²) in [5.41, 5.74) is 3.62. The van der Waals surface area contributed by atoms with Crippen LogP contribution in [-0.2, 0) is 17.3 Å². The monoisotopic (exact) mass is 340 g/mol. The fraction of sp³-hybridized carbons (Fsp3) is 0.476. The summed E-state index contributed by atoms with van der Waals surface area (Å²) in [6, 6.07) is 12.9. The predicted molar refractivity (Wildman–Crippen MR) is 102 cm³/mol. The van der Waals surface area contributed by atoms with Gasteiger partial charge in [0.15, 0.2) is 6.54 Å². The van der Waals surface area contributed by atoms with Crippen LogP contribution in [0.5, 0.6) is 0 Å². The summed E-state index contributed by atoms with van der Waals surface area (Å²) < 4.78 is 2.18. The lowest BCUT2D eigenvalue weighted by atomic mass is 9.87. The van der Waals surface area contributed by atoms with Gasteiger partial charge in [-0.05, 0) is 35.2 Å². The Morgan fingerprint density at radius 2 is 1.96 bits per heavy atom. The lowest BCUT2D eigenvalue weighted by Crippen LogP contribution is -3.11. The number of amides is 1. The third-order valence-corrected chi connectivity index (χ3v) is 5.25. The summed E-state index contributed by atoms with van der Waals surface area (Å²) in [4.78, 5) is 13.9. The summed E-state index contributed by atoms with van der Waals surface area (Å²) >= 11 is 0. The number of anilines is 1. The molecule has 25 heavy (non-hydrogen) atoms. The highest BCUT2D eigenvalue weighted by molar-refractivity contribution is 5.91. The molecule has 2 heterocycles. The fourth-order valence-corrected chi connectivity index (χ4v) is 3.78. The van der Waals surface area contributed by atoms with E-state index in [1.807, 2.05) is 12.1 Å². The van der Waals surface area contributed by atoms with E-state index in [2.05, 4.69) is 68.2 Å². The van der Waals surface area contributed by atoms with Crippen LogP contribution < -0.4 is 10.2 Å². The van der Waals surface area contributed by atoms with Gasteiger partial charge in [0.2, 0.25) is 0 Å². The Morgan fingerprint density at radius 3 is 2.56 bits per heavy atom. The molecule has 0 spiro atoms. The Bertz CT molecular complexity index is 724. The fourth-order valence-electron chi connectivity index (χ4n) is 3.78. The smallest absolute Gasteiger partial charge is 0.279 e. The van der Waals surface area contributed by atoms with Crippen molar-refractivity contribution in [3.05, 3.63) is 53.9 Å². The number of hydrogen-bond donors (Lipinski definition) is 2. The molecule has 1 fully saturated rings. The highest BCUT2D eigenvalue weighted by Crippen LogP contribution is 2.23. The molecule has 4 heteroatoms. The van der Waals surface area contributed by atoms with E-state index in [9.17, 15) is 4.79 Å². The summed E-state index contributed by atoms with van der Waals surface area (Å²) in [6.45, 7) is 8.17. The summed E-state index contributed by atoms with van der Waals surface area (Å²) in [5.74, 6) is 0.0969. The standard InChI is InChI=1S/C21H29N3O/c1-21(2,3)16-9-11-17(12-10-16)22-20(25)15-24-14-6-8-19(24)18-7-5-13-23(18)4/h5,7,9-13,19H,6,8,14-15H2,1-4H3,(H,22,25)/p+1/t19-/m0/s1. The second kappa shape index (κ2) is 7.04. The Hall–Kier alpha value is -2.07. The van der Waals surface area contributed by atoms with Crippen LogP contribution in [0.3, 0.4) is 0 Å². The van der Waals surface area contributed by atoms with Crippen LogP contribution in [-0.4, -0.2) is 23.6 Å². The quantitative estimate of drug-likeness (QED) is 0.882. The predicted octanol–water partition coefficient (Wildman–Crippen LogP) is 2.68. The molecular weight excluding hydrogens is 310 g/mol. The van der Waals surface area contributed by atoms with Gasteiger partial charge in [0.05, 0.1) is 12.2 Å². The molecule has 2 N–H and O–H groups in total. The van der Waals surface area contributed by atoms with Crippen LogP contribution >= 0.6 is 0 Å². The van der Waals surface area contributed by atoms with Crippen molar-refractivity contribution in [2.75, 3.05) is 18.4 Å². The number of quaternary nitrogens is 1. The van der Waals surface area contributed by atoms with Crippen molar-refractivity contribution >= 4 is 11.6 Å². The molecule has 1 saturated heterocycles. The molecule has 0 saturated carbocycles. The van der Waals surface area contributed by atoms with Gasteiger partial charge < -0.3 is 14.8 Å². The van der Waals surface area contributed by atoms with E-state index in [-0.39, 0.29) is 11.3 Å². The molecule has 1 aliphatic heterocycles. The van der Waals surface area contributed by atoms with E-state index in [1.54, 1.807) is 0 Å². The van der Waals surface area contributed by atoms with Crippen molar-refractivity contribution < 1.29 is 9.69 Å². The van der Waals surface area contributed by atoms with Gasteiger partial charge in [-0.3, -0.25) is 4.79 Å². The van der Waals surface area contributed by atoms with Crippen molar-refractivity contribution in [3.8, 4) is 0 Å². The number of carbonyl (C=O) groups excluding carboxylic acids is 1.